The van der Waals surface area contributed by atoms with Gasteiger partial charge in [-0.3, -0.25) is 4.72 Å². The Kier molecular flexibility index (Phi) is 3.98. The summed E-state index contributed by atoms with van der Waals surface area (Å²) in [6, 6.07) is 5.32. The van der Waals surface area contributed by atoms with Crippen molar-refractivity contribution in [3.63, 3.8) is 0 Å². The van der Waals surface area contributed by atoms with Gasteiger partial charge in [0.15, 0.2) is 4.60 Å². The summed E-state index contributed by atoms with van der Waals surface area (Å²) in [5.74, 6) is 0. The van der Waals surface area contributed by atoms with Crippen LogP contribution in [0.15, 0.2) is 32.3 Å². The van der Waals surface area contributed by atoms with Crippen LogP contribution in [0.5, 0.6) is 0 Å². The van der Waals surface area contributed by atoms with E-state index in [1.54, 1.807) is 12.1 Å². The van der Waals surface area contributed by atoms with Crippen LogP contribution in [0.4, 0.5) is 5.69 Å². The molecule has 1 aromatic carbocycles. The number of nitrogens with zero attached hydrogens (tertiary/aromatic N) is 3. The second-order valence-electron chi connectivity index (χ2n) is 3.85. The predicted octanol–water partition coefficient (Wildman–Crippen LogP) is 2.45. The summed E-state index contributed by atoms with van der Waals surface area (Å²) in [4.78, 5) is 0. The number of nitrogens with one attached hydrogen (secondary N) is 1. The highest BCUT2D eigenvalue weighted by Gasteiger charge is 2.24. The average molecular weight is 410 g/mol. The Balaban J connectivity index is 2.46. The van der Waals surface area contributed by atoms with Crippen molar-refractivity contribution >= 4 is 47.6 Å². The van der Waals surface area contributed by atoms with Crippen molar-refractivity contribution in [2.75, 3.05) is 4.72 Å². The first-order valence-corrected chi connectivity index (χ1v) is 8.23. The first kappa shape index (κ1) is 14.5. The number of hydrogen-bond donors (Lipinski definition) is 1. The minimum absolute atomic E-state index is 0.0269. The van der Waals surface area contributed by atoms with E-state index < -0.39 is 10.0 Å². The number of aromatic nitrogens is 3. The summed E-state index contributed by atoms with van der Waals surface area (Å²) in [6.07, 6.45) is 0. The van der Waals surface area contributed by atoms with E-state index in [0.29, 0.717) is 10.2 Å². The van der Waals surface area contributed by atoms with Gasteiger partial charge in [-0.1, -0.05) is 17.3 Å². The molecule has 0 radical (unpaired) electrons. The highest BCUT2D eigenvalue weighted by atomic mass is 79.9. The molecule has 0 saturated heterocycles. The van der Waals surface area contributed by atoms with Gasteiger partial charge >= 0.3 is 0 Å². The van der Waals surface area contributed by atoms with Gasteiger partial charge in [0.1, 0.15) is 0 Å². The zero-order chi connectivity index (χ0) is 14.2. The summed E-state index contributed by atoms with van der Waals surface area (Å²) < 4.78 is 29.2. The van der Waals surface area contributed by atoms with Crippen LogP contribution in [-0.2, 0) is 17.1 Å². The zero-order valence-corrected chi connectivity index (χ0v) is 14.0. The number of anilines is 1. The molecule has 0 amide bonds. The van der Waals surface area contributed by atoms with Crippen LogP contribution in [0.2, 0.25) is 0 Å². The topological polar surface area (TPSA) is 76.9 Å². The SMILES string of the molecule is Cc1cccc(NS(=O)(=O)c2c(Br)nnn2C)c1Br. The van der Waals surface area contributed by atoms with Crippen LogP contribution >= 0.6 is 31.9 Å². The molecule has 0 aliphatic rings. The van der Waals surface area contributed by atoms with E-state index in [2.05, 4.69) is 46.9 Å². The minimum atomic E-state index is -3.76. The monoisotopic (exact) mass is 408 g/mol. The molecule has 2 aromatic rings. The predicted molar refractivity (Wildman–Crippen MR) is 78.4 cm³/mol. The Morgan fingerprint density at radius 3 is 2.58 bits per heavy atom. The number of rotatable bonds is 3. The second kappa shape index (κ2) is 5.22. The number of hydrogen-bond acceptors (Lipinski definition) is 4. The van der Waals surface area contributed by atoms with Crippen molar-refractivity contribution in [3.05, 3.63) is 32.8 Å². The third-order valence-corrected chi connectivity index (χ3v) is 5.73. The van der Waals surface area contributed by atoms with Crippen molar-refractivity contribution in [2.45, 2.75) is 11.9 Å². The number of halogens is 2. The van der Waals surface area contributed by atoms with Crippen LogP contribution in [0, 0.1) is 6.92 Å². The molecule has 0 aliphatic heterocycles. The maximum Gasteiger partial charge on any atom is 0.281 e. The van der Waals surface area contributed by atoms with Crippen LogP contribution < -0.4 is 4.72 Å². The Morgan fingerprint density at radius 1 is 1.32 bits per heavy atom. The van der Waals surface area contributed by atoms with Crippen molar-refractivity contribution in [2.24, 2.45) is 7.05 Å². The van der Waals surface area contributed by atoms with Gasteiger partial charge in [0.2, 0.25) is 5.03 Å². The first-order valence-electron chi connectivity index (χ1n) is 5.16. The molecule has 0 atom stereocenters. The molecule has 1 heterocycles. The van der Waals surface area contributed by atoms with E-state index in [4.69, 9.17) is 0 Å². The lowest BCUT2D eigenvalue weighted by molar-refractivity contribution is 0.578. The molecule has 0 spiro atoms. The molecular formula is C10H10Br2N4O2S. The van der Waals surface area contributed by atoms with Gasteiger partial charge in [-0.25, -0.2) is 4.68 Å². The Hall–Kier alpha value is -0.930. The molecule has 0 aliphatic carbocycles. The third-order valence-electron chi connectivity index (χ3n) is 2.43. The highest BCUT2D eigenvalue weighted by molar-refractivity contribution is 9.10. The van der Waals surface area contributed by atoms with Crippen LogP contribution in [0.1, 0.15) is 5.56 Å². The Bertz CT molecular complexity index is 708. The Labute approximate surface area is 127 Å². The fourth-order valence-electron chi connectivity index (χ4n) is 1.53. The van der Waals surface area contributed by atoms with E-state index in [1.165, 1.54) is 11.7 Å². The molecule has 0 bridgehead atoms. The van der Waals surface area contributed by atoms with Crippen LogP contribution in [0.3, 0.4) is 0 Å². The molecule has 19 heavy (non-hydrogen) atoms. The molecule has 1 N–H and O–H groups in total. The standard InChI is InChI=1S/C10H10Br2N4O2S/c1-6-4-3-5-7(8(6)11)14-19(17,18)10-9(12)13-15-16(10)2/h3-5,14H,1-2H3. The van der Waals surface area contributed by atoms with Gasteiger partial charge < -0.3 is 0 Å². The maximum atomic E-state index is 12.3. The van der Waals surface area contributed by atoms with E-state index in [-0.39, 0.29) is 9.63 Å². The van der Waals surface area contributed by atoms with Gasteiger partial charge in [0, 0.05) is 11.5 Å². The second-order valence-corrected chi connectivity index (χ2v) is 6.99. The minimum Gasteiger partial charge on any atom is -0.277 e. The molecule has 0 saturated carbocycles. The van der Waals surface area contributed by atoms with Gasteiger partial charge in [-0.05, 0) is 50.4 Å². The van der Waals surface area contributed by atoms with E-state index in [9.17, 15) is 8.42 Å². The fraction of sp³-hybridized carbons (Fsp3) is 0.200. The number of benzene rings is 1. The summed E-state index contributed by atoms with van der Waals surface area (Å²) >= 11 is 6.43. The molecule has 2 rings (SSSR count). The number of sulfonamides is 1. The fourth-order valence-corrected chi connectivity index (χ4v) is 4.19. The molecule has 1 aromatic heterocycles. The first-order chi connectivity index (χ1) is 8.83. The van der Waals surface area contributed by atoms with Crippen molar-refractivity contribution in [1.82, 2.24) is 15.0 Å². The Morgan fingerprint density at radius 2 is 2.00 bits per heavy atom. The number of aryl methyl sites for hydroxylation is 2. The van der Waals surface area contributed by atoms with E-state index in [1.807, 2.05) is 13.0 Å². The summed E-state index contributed by atoms with van der Waals surface area (Å²) in [5.41, 5.74) is 1.40. The third kappa shape index (κ3) is 2.82. The van der Waals surface area contributed by atoms with Gasteiger partial charge in [-0.15, -0.1) is 5.10 Å². The van der Waals surface area contributed by atoms with Crippen molar-refractivity contribution in [1.29, 1.82) is 0 Å². The average Bonchev–Trinajstić information content (AvgIpc) is 2.65. The normalized spacial score (nSPS) is 11.6. The lowest BCUT2D eigenvalue weighted by atomic mass is 10.2. The summed E-state index contributed by atoms with van der Waals surface area (Å²) in [5, 5.41) is 7.29. The van der Waals surface area contributed by atoms with E-state index >= 15 is 0 Å². The molecule has 6 nitrogen and oxygen atoms in total. The maximum absolute atomic E-state index is 12.3. The quantitative estimate of drug-likeness (QED) is 0.844. The lowest BCUT2D eigenvalue weighted by Crippen LogP contribution is -2.17. The van der Waals surface area contributed by atoms with Crippen LogP contribution in [0.25, 0.3) is 0 Å². The highest BCUT2D eigenvalue weighted by Crippen LogP contribution is 2.29. The molecule has 0 fully saturated rings. The van der Waals surface area contributed by atoms with Crippen molar-refractivity contribution in [3.8, 4) is 0 Å². The van der Waals surface area contributed by atoms with Crippen LogP contribution in [-0.4, -0.2) is 23.4 Å². The summed E-state index contributed by atoms with van der Waals surface area (Å²) in [7, 11) is -2.25. The van der Waals surface area contributed by atoms with E-state index in [0.717, 1.165) is 5.56 Å². The van der Waals surface area contributed by atoms with Gasteiger partial charge in [0.25, 0.3) is 10.0 Å². The molecule has 9 heteroatoms. The molecule has 0 unspecified atom stereocenters. The zero-order valence-electron chi connectivity index (χ0n) is 10.1. The lowest BCUT2D eigenvalue weighted by Gasteiger charge is -2.10. The smallest absolute Gasteiger partial charge is 0.277 e. The molecular weight excluding hydrogens is 400 g/mol. The van der Waals surface area contributed by atoms with Gasteiger partial charge in [-0.2, -0.15) is 8.42 Å². The summed E-state index contributed by atoms with van der Waals surface area (Å²) in [6.45, 7) is 1.88. The van der Waals surface area contributed by atoms with Gasteiger partial charge in [0.05, 0.1) is 5.69 Å². The van der Waals surface area contributed by atoms with Crippen molar-refractivity contribution < 1.29 is 8.42 Å². The molecule has 102 valence electrons. The largest absolute Gasteiger partial charge is 0.281 e.